The van der Waals surface area contributed by atoms with Crippen molar-refractivity contribution in [1.29, 1.82) is 0 Å². The van der Waals surface area contributed by atoms with E-state index in [0.29, 0.717) is 23.9 Å². The predicted molar refractivity (Wildman–Crippen MR) is 316 cm³/mol. The van der Waals surface area contributed by atoms with E-state index in [0.717, 1.165) is 83.5 Å². The van der Waals surface area contributed by atoms with Crippen LogP contribution in [-0.4, -0.2) is 74.9 Å². The largest absolute Gasteiger partial charge is 0.472 e. The molecule has 0 aliphatic rings. The Hall–Kier alpha value is -2.81. The molecule has 0 heterocycles. The third-order valence-electron chi connectivity index (χ3n) is 12.9. The topological polar surface area (TPSA) is 108 Å². The third-order valence-corrected chi connectivity index (χ3v) is 13.9. The van der Waals surface area contributed by atoms with Crippen LogP contribution >= 0.6 is 7.82 Å². The van der Waals surface area contributed by atoms with Crippen LogP contribution in [0.2, 0.25) is 0 Å². The number of ether oxygens (including phenoxy) is 2. The molecule has 0 amide bonds. The van der Waals surface area contributed by atoms with E-state index < -0.39 is 26.5 Å². The van der Waals surface area contributed by atoms with Gasteiger partial charge < -0.3 is 18.9 Å². The summed E-state index contributed by atoms with van der Waals surface area (Å²) in [7, 11) is 1.48. The Balaban J connectivity index is 4.07. The van der Waals surface area contributed by atoms with Gasteiger partial charge in [-0.2, -0.15) is 0 Å². The number of esters is 2. The molecule has 0 aromatic heterocycles. The first kappa shape index (κ1) is 71.2. The zero-order valence-corrected chi connectivity index (χ0v) is 49.5. The van der Waals surface area contributed by atoms with Crippen LogP contribution in [-0.2, 0) is 32.7 Å². The molecule has 0 aliphatic carbocycles. The zero-order chi connectivity index (χ0) is 54.2. The fraction of sp³-hybridized carbons (Fsp3) is 0.750. The van der Waals surface area contributed by atoms with E-state index in [1.807, 2.05) is 21.1 Å². The van der Waals surface area contributed by atoms with Gasteiger partial charge in [-0.05, 0) is 70.6 Å². The molecule has 0 bridgehead atoms. The number of nitrogens with zero attached hydrogens (tertiary/aromatic N) is 1. The second-order valence-corrected chi connectivity index (χ2v) is 22.8. The molecular weight excluding hydrogens is 942 g/mol. The second kappa shape index (κ2) is 55.0. The molecule has 0 aromatic rings. The molecule has 0 spiro atoms. The van der Waals surface area contributed by atoms with Crippen molar-refractivity contribution in [3.8, 4) is 0 Å². The Morgan fingerprint density at radius 2 is 0.770 bits per heavy atom. The van der Waals surface area contributed by atoms with Gasteiger partial charge in [0, 0.05) is 12.8 Å². The molecule has 9 nitrogen and oxygen atoms in total. The molecule has 2 atom stereocenters. The highest BCUT2D eigenvalue weighted by molar-refractivity contribution is 7.47. The van der Waals surface area contributed by atoms with Crippen LogP contribution in [0.5, 0.6) is 0 Å². The van der Waals surface area contributed by atoms with E-state index in [4.69, 9.17) is 18.5 Å². The van der Waals surface area contributed by atoms with Gasteiger partial charge in [-0.3, -0.25) is 18.6 Å². The number of likely N-dealkylation sites (N-methyl/N-ethyl adjacent to an activating group) is 1. The van der Waals surface area contributed by atoms with Crippen LogP contribution in [0.4, 0.5) is 0 Å². The molecule has 2 unspecified atom stereocenters. The van der Waals surface area contributed by atoms with Crippen molar-refractivity contribution >= 4 is 19.8 Å². The van der Waals surface area contributed by atoms with Crippen molar-refractivity contribution in [2.45, 2.75) is 264 Å². The molecule has 0 rings (SSSR count). The van der Waals surface area contributed by atoms with Gasteiger partial charge in [-0.25, -0.2) is 4.57 Å². The highest BCUT2D eigenvalue weighted by Gasteiger charge is 2.27. The smallest absolute Gasteiger partial charge is 0.462 e. The number of rotatable bonds is 55. The normalized spacial score (nSPS) is 13.9. The molecule has 74 heavy (non-hydrogen) atoms. The molecule has 0 aliphatic heterocycles. The van der Waals surface area contributed by atoms with Gasteiger partial charge >= 0.3 is 19.8 Å². The van der Waals surface area contributed by atoms with Crippen LogP contribution < -0.4 is 0 Å². The molecule has 0 radical (unpaired) electrons. The minimum absolute atomic E-state index is 0.0305. The SMILES string of the molecule is CC/C=C\C/C=C\C/C=C\C/C=C\C/C=C\C/C=C\C/C=C\CCCCCCCCCCCCCCCC(=O)OC(COC(=O)CCCCCCCCCCCCCCCCC)COP(=O)(O)OCC[N+](C)(C)C. The summed E-state index contributed by atoms with van der Waals surface area (Å²) < 4.78 is 34.6. The first-order valence-corrected chi connectivity index (χ1v) is 31.8. The fourth-order valence-electron chi connectivity index (χ4n) is 8.29. The Morgan fingerprint density at radius 3 is 1.15 bits per heavy atom. The summed E-state index contributed by atoms with van der Waals surface area (Å²) in [6.45, 7) is 4.34. The number of phosphoric acid groups is 1. The molecule has 0 fully saturated rings. The first-order chi connectivity index (χ1) is 36.0. The Labute approximate surface area is 456 Å². The minimum atomic E-state index is -4.39. The van der Waals surface area contributed by atoms with Crippen LogP contribution in [0.25, 0.3) is 0 Å². The molecule has 0 saturated carbocycles. The lowest BCUT2D eigenvalue weighted by Gasteiger charge is -2.24. The lowest BCUT2D eigenvalue weighted by atomic mass is 10.0. The van der Waals surface area contributed by atoms with Gasteiger partial charge in [0.1, 0.15) is 19.8 Å². The average Bonchev–Trinajstić information content (AvgIpc) is 3.36. The van der Waals surface area contributed by atoms with Crippen LogP contribution in [0, 0.1) is 0 Å². The van der Waals surface area contributed by atoms with Crippen molar-refractivity contribution < 1.29 is 42.1 Å². The lowest BCUT2D eigenvalue weighted by molar-refractivity contribution is -0.870. The number of phosphoric ester groups is 1. The zero-order valence-electron chi connectivity index (χ0n) is 48.6. The van der Waals surface area contributed by atoms with Crippen LogP contribution in [0.15, 0.2) is 85.1 Å². The summed E-state index contributed by atoms with van der Waals surface area (Å²) in [6, 6.07) is 0. The van der Waals surface area contributed by atoms with Gasteiger partial charge in [-0.15, -0.1) is 0 Å². The van der Waals surface area contributed by atoms with Gasteiger partial charge in [0.05, 0.1) is 27.7 Å². The highest BCUT2D eigenvalue weighted by Crippen LogP contribution is 2.43. The van der Waals surface area contributed by atoms with E-state index in [2.05, 4.69) is 98.9 Å². The van der Waals surface area contributed by atoms with Crippen LogP contribution in [0.3, 0.4) is 0 Å². The predicted octanol–water partition coefficient (Wildman–Crippen LogP) is 19.0. The van der Waals surface area contributed by atoms with Crippen molar-refractivity contribution in [1.82, 2.24) is 0 Å². The van der Waals surface area contributed by atoms with Crippen molar-refractivity contribution in [2.75, 3.05) is 47.5 Å². The number of hydrogen-bond acceptors (Lipinski definition) is 7. The Bertz CT molecular complexity index is 1520. The Kier molecular flexibility index (Phi) is 52.9. The summed E-state index contributed by atoms with van der Waals surface area (Å²) in [5, 5.41) is 0. The molecule has 1 N–H and O–H groups in total. The summed E-state index contributed by atoms with van der Waals surface area (Å²) in [4.78, 5) is 35.7. The maximum Gasteiger partial charge on any atom is 0.472 e. The molecular formula is C64H115NO8P+. The Morgan fingerprint density at radius 1 is 0.432 bits per heavy atom. The van der Waals surface area contributed by atoms with Gasteiger partial charge in [0.2, 0.25) is 0 Å². The summed E-state index contributed by atoms with van der Waals surface area (Å²) in [5.74, 6) is -0.792. The third kappa shape index (κ3) is 58.5. The minimum Gasteiger partial charge on any atom is -0.462 e. The monoisotopic (exact) mass is 1060 g/mol. The van der Waals surface area contributed by atoms with Crippen molar-refractivity contribution in [2.24, 2.45) is 0 Å². The number of allylic oxidation sites excluding steroid dienone is 14. The fourth-order valence-corrected chi connectivity index (χ4v) is 9.03. The summed E-state index contributed by atoms with van der Waals surface area (Å²) in [5.41, 5.74) is 0. The van der Waals surface area contributed by atoms with Gasteiger partial charge in [0.15, 0.2) is 6.10 Å². The average molecular weight is 1060 g/mol. The number of hydrogen-bond donors (Lipinski definition) is 1. The van der Waals surface area contributed by atoms with E-state index >= 15 is 0 Å². The lowest BCUT2D eigenvalue weighted by Crippen LogP contribution is -2.37. The van der Waals surface area contributed by atoms with Gasteiger partial charge in [-0.1, -0.05) is 259 Å². The number of carbonyl (C=O) groups is 2. The standard InChI is InChI=1S/C64H114NO8P/c1-6-8-10-12-14-16-18-20-22-23-24-25-26-27-28-29-30-31-32-33-34-35-36-37-38-39-40-41-43-45-47-49-51-53-55-57-64(67)73-62(61-72-74(68,69)71-59-58-65(3,4)5)60-70-63(66)56-54-52-50-48-46-44-42-21-19-17-15-13-11-9-7-2/h8,10,14,16,20,22,24-25,27-28,30-31,33-34,62H,6-7,9,11-13,15,17-19,21,23,26,29,32,35-61H2,1-5H3/p+1/b10-8-,16-14-,22-20-,25-24-,28-27-,31-30-,34-33-. The second-order valence-electron chi connectivity index (χ2n) is 21.4. The van der Waals surface area contributed by atoms with Crippen molar-refractivity contribution in [3.05, 3.63) is 85.1 Å². The number of carbonyl (C=O) groups excluding carboxylic acids is 2. The maximum atomic E-state index is 12.8. The van der Waals surface area contributed by atoms with Crippen molar-refractivity contribution in [3.63, 3.8) is 0 Å². The molecule has 0 saturated heterocycles. The van der Waals surface area contributed by atoms with E-state index in [1.54, 1.807) is 0 Å². The van der Waals surface area contributed by atoms with E-state index in [1.165, 1.54) is 141 Å². The number of unbranched alkanes of at least 4 members (excludes halogenated alkanes) is 27. The first-order valence-electron chi connectivity index (χ1n) is 30.3. The summed E-state index contributed by atoms with van der Waals surface area (Å²) in [6.07, 6.45) is 73.7. The molecule has 10 heteroatoms. The van der Waals surface area contributed by atoms with E-state index in [-0.39, 0.29) is 25.6 Å². The summed E-state index contributed by atoms with van der Waals surface area (Å²) >= 11 is 0. The van der Waals surface area contributed by atoms with Crippen LogP contribution in [0.1, 0.15) is 258 Å². The highest BCUT2D eigenvalue weighted by atomic mass is 31.2. The molecule has 0 aromatic carbocycles. The van der Waals surface area contributed by atoms with E-state index in [9.17, 15) is 19.0 Å². The maximum absolute atomic E-state index is 12.8. The molecule has 428 valence electrons. The van der Waals surface area contributed by atoms with Gasteiger partial charge in [0.25, 0.3) is 0 Å². The number of quaternary nitrogens is 1. The quantitative estimate of drug-likeness (QED) is 0.0211.